The first-order chi connectivity index (χ1) is 15.7. The molecule has 0 saturated carbocycles. The number of fused-ring (bicyclic) bond motifs is 3. The van der Waals surface area contributed by atoms with Crippen LogP contribution in [-0.2, 0) is 25.4 Å². The molecule has 0 unspecified atom stereocenters. The molecule has 0 aliphatic carbocycles. The molecule has 4 heteroatoms. The Bertz CT molecular complexity index is 1220. The van der Waals surface area contributed by atoms with Crippen molar-refractivity contribution in [1.82, 2.24) is 9.47 Å². The van der Waals surface area contributed by atoms with E-state index in [1.807, 2.05) is 36.4 Å². The topological polar surface area (TPSA) is 32.0 Å². The minimum Gasteiger partial charge on any atom is -0.347 e. The molecule has 0 saturated heterocycles. The average molecular weight is 456 g/mol. The van der Waals surface area contributed by atoms with Crippen molar-refractivity contribution in [3.05, 3.63) is 107 Å². The molecule has 2 heterocycles. The average Bonchev–Trinajstić information content (AvgIpc) is 3.15. The maximum Gasteiger partial charge on any atom is 0.107 e. The predicted octanol–water partition coefficient (Wildman–Crippen LogP) is 6.25. The number of halogens is 1. The molecule has 4 aromatic rings. The van der Waals surface area contributed by atoms with E-state index in [9.17, 15) is 5.26 Å². The van der Waals surface area contributed by atoms with Gasteiger partial charge in [0.05, 0.1) is 6.07 Å². The summed E-state index contributed by atoms with van der Waals surface area (Å²) < 4.78 is 2.37. The Hall–Kier alpha value is -3.06. The Balaban J connectivity index is 0.00000259. The normalized spacial score (nSPS) is 13.8. The maximum atomic E-state index is 10.4. The highest BCUT2D eigenvalue weighted by Gasteiger charge is 2.34. The number of aryl methyl sites for hydroxylation is 1. The number of benzene rings is 3. The predicted molar refractivity (Wildman–Crippen MR) is 138 cm³/mol. The molecule has 1 aliphatic heterocycles. The fourth-order valence-corrected chi connectivity index (χ4v) is 5.43. The number of nitrogens with zero attached hydrogens (tertiary/aromatic N) is 3. The molecule has 0 spiro atoms. The van der Waals surface area contributed by atoms with Gasteiger partial charge in [0.2, 0.25) is 0 Å². The van der Waals surface area contributed by atoms with Gasteiger partial charge in [-0.2, -0.15) is 5.26 Å². The summed E-state index contributed by atoms with van der Waals surface area (Å²) in [6.45, 7) is 3.08. The van der Waals surface area contributed by atoms with Gasteiger partial charge in [0.15, 0.2) is 0 Å². The monoisotopic (exact) mass is 455 g/mol. The van der Waals surface area contributed by atoms with Gasteiger partial charge in [0.1, 0.15) is 5.41 Å². The number of hydrogen-bond donors (Lipinski definition) is 0. The lowest BCUT2D eigenvalue weighted by atomic mass is 9.72. The summed E-state index contributed by atoms with van der Waals surface area (Å²) in [5.41, 5.74) is 5.85. The number of nitriles is 1. The molecular weight excluding hydrogens is 426 g/mol. The minimum absolute atomic E-state index is 0. The van der Waals surface area contributed by atoms with Crippen LogP contribution in [0.15, 0.2) is 84.9 Å². The molecule has 3 nitrogen and oxygen atoms in total. The second-order valence-corrected chi connectivity index (χ2v) is 8.88. The maximum absolute atomic E-state index is 10.4. The van der Waals surface area contributed by atoms with Crippen molar-refractivity contribution in [3.63, 3.8) is 0 Å². The zero-order valence-electron chi connectivity index (χ0n) is 19.1. The lowest BCUT2D eigenvalue weighted by Gasteiger charge is -2.31. The molecule has 0 fully saturated rings. The third kappa shape index (κ3) is 4.17. The van der Waals surface area contributed by atoms with E-state index < -0.39 is 5.41 Å². The number of hydrogen-bond acceptors (Lipinski definition) is 2. The first kappa shape index (κ1) is 23.1. The van der Waals surface area contributed by atoms with Crippen LogP contribution in [0.3, 0.4) is 0 Å². The lowest BCUT2D eigenvalue weighted by Crippen LogP contribution is -2.33. The number of rotatable bonds is 6. The highest BCUT2D eigenvalue weighted by atomic mass is 35.5. The van der Waals surface area contributed by atoms with Crippen molar-refractivity contribution in [2.24, 2.45) is 7.05 Å². The number of para-hydroxylation sites is 1. The second-order valence-electron chi connectivity index (χ2n) is 8.88. The van der Waals surface area contributed by atoms with E-state index in [1.54, 1.807) is 0 Å². The zero-order chi connectivity index (χ0) is 22.0. The zero-order valence-corrected chi connectivity index (χ0v) is 19.9. The summed E-state index contributed by atoms with van der Waals surface area (Å²) in [5, 5.41) is 11.8. The van der Waals surface area contributed by atoms with Crippen LogP contribution < -0.4 is 0 Å². The largest absolute Gasteiger partial charge is 0.347 e. The highest BCUT2D eigenvalue weighted by molar-refractivity contribution is 5.86. The smallest absolute Gasteiger partial charge is 0.107 e. The molecule has 0 N–H and O–H groups in total. The van der Waals surface area contributed by atoms with Gasteiger partial charge in [-0.25, -0.2) is 0 Å². The quantitative estimate of drug-likeness (QED) is 0.344. The molecule has 0 amide bonds. The van der Waals surface area contributed by atoms with Gasteiger partial charge in [-0.15, -0.1) is 12.4 Å². The van der Waals surface area contributed by atoms with Crippen molar-refractivity contribution in [2.75, 3.05) is 13.1 Å². The Morgan fingerprint density at radius 1 is 0.879 bits per heavy atom. The van der Waals surface area contributed by atoms with E-state index in [-0.39, 0.29) is 12.4 Å². The molecule has 5 rings (SSSR count). The summed E-state index contributed by atoms with van der Waals surface area (Å²) in [6, 6.07) is 32.0. The second kappa shape index (κ2) is 9.83. The standard InChI is InChI=1S/C29H29N3.ClH/c1-31-27-16-9-8-15-25(27)26-21-32(20-17-28(26)31)19-10-18-29(22-30,23-11-4-2-5-12-23)24-13-6-3-7-14-24;/h2-9,11-16H,10,17-21H2,1H3;1H. The van der Waals surface area contributed by atoms with E-state index in [4.69, 9.17) is 0 Å². The highest BCUT2D eigenvalue weighted by Crippen LogP contribution is 2.37. The van der Waals surface area contributed by atoms with Gasteiger partial charge in [-0.1, -0.05) is 78.9 Å². The van der Waals surface area contributed by atoms with Crippen molar-refractivity contribution in [2.45, 2.75) is 31.2 Å². The van der Waals surface area contributed by atoms with Gasteiger partial charge in [0, 0.05) is 43.2 Å². The van der Waals surface area contributed by atoms with E-state index in [0.717, 1.165) is 50.0 Å². The molecule has 168 valence electrons. The van der Waals surface area contributed by atoms with E-state index in [2.05, 4.69) is 71.1 Å². The van der Waals surface area contributed by atoms with Crippen molar-refractivity contribution < 1.29 is 0 Å². The van der Waals surface area contributed by atoms with Crippen molar-refractivity contribution in [1.29, 1.82) is 5.26 Å². The van der Waals surface area contributed by atoms with Gasteiger partial charge >= 0.3 is 0 Å². The third-order valence-corrected chi connectivity index (χ3v) is 7.14. The van der Waals surface area contributed by atoms with Crippen LogP contribution in [0.1, 0.15) is 35.2 Å². The van der Waals surface area contributed by atoms with Crippen LogP contribution in [0.2, 0.25) is 0 Å². The summed E-state index contributed by atoms with van der Waals surface area (Å²) >= 11 is 0. The SMILES string of the molecule is Cl.Cn1c2c(c3ccccc31)CN(CCCC(C#N)(c1ccccc1)c1ccccc1)CC2. The summed E-state index contributed by atoms with van der Waals surface area (Å²) in [6.07, 6.45) is 2.88. The van der Waals surface area contributed by atoms with E-state index >= 15 is 0 Å². The van der Waals surface area contributed by atoms with Crippen LogP contribution >= 0.6 is 12.4 Å². The molecule has 0 bridgehead atoms. The van der Waals surface area contributed by atoms with Crippen LogP contribution in [-0.4, -0.2) is 22.6 Å². The Morgan fingerprint density at radius 2 is 1.48 bits per heavy atom. The van der Waals surface area contributed by atoms with Gasteiger partial charge in [0.25, 0.3) is 0 Å². The Kier molecular flexibility index (Phi) is 6.88. The van der Waals surface area contributed by atoms with Gasteiger partial charge in [-0.3, -0.25) is 4.90 Å². The molecule has 3 aromatic carbocycles. The van der Waals surface area contributed by atoms with Crippen molar-refractivity contribution >= 4 is 23.3 Å². The fraction of sp³-hybridized carbons (Fsp3) is 0.276. The Labute approximate surface area is 202 Å². The molecule has 33 heavy (non-hydrogen) atoms. The first-order valence-corrected chi connectivity index (χ1v) is 11.5. The number of aromatic nitrogens is 1. The summed E-state index contributed by atoms with van der Waals surface area (Å²) in [7, 11) is 2.19. The third-order valence-electron chi connectivity index (χ3n) is 7.14. The molecular formula is C29H30ClN3. The van der Waals surface area contributed by atoms with E-state index in [1.165, 1.54) is 22.2 Å². The summed E-state index contributed by atoms with van der Waals surface area (Å²) in [4.78, 5) is 2.56. The van der Waals surface area contributed by atoms with Gasteiger partial charge in [-0.05, 0) is 42.1 Å². The fourth-order valence-electron chi connectivity index (χ4n) is 5.43. The van der Waals surface area contributed by atoms with Gasteiger partial charge < -0.3 is 4.57 Å². The minimum atomic E-state index is -0.608. The van der Waals surface area contributed by atoms with Crippen LogP contribution in [0.4, 0.5) is 0 Å². The molecule has 0 atom stereocenters. The summed E-state index contributed by atoms with van der Waals surface area (Å²) in [5.74, 6) is 0. The molecule has 0 radical (unpaired) electrons. The first-order valence-electron chi connectivity index (χ1n) is 11.5. The van der Waals surface area contributed by atoms with E-state index in [0.29, 0.717) is 0 Å². The van der Waals surface area contributed by atoms with Crippen LogP contribution in [0.25, 0.3) is 10.9 Å². The van der Waals surface area contributed by atoms with Crippen LogP contribution in [0, 0.1) is 11.3 Å². The Morgan fingerprint density at radius 3 is 2.12 bits per heavy atom. The van der Waals surface area contributed by atoms with Crippen molar-refractivity contribution in [3.8, 4) is 6.07 Å². The van der Waals surface area contributed by atoms with Crippen LogP contribution in [0.5, 0.6) is 0 Å². The molecule has 1 aliphatic rings. The molecule has 1 aromatic heterocycles. The lowest BCUT2D eigenvalue weighted by molar-refractivity contribution is 0.243.